The molecule has 24 heavy (non-hydrogen) atoms. The summed E-state index contributed by atoms with van der Waals surface area (Å²) in [5, 5.41) is 0.203. The maximum absolute atomic E-state index is 13.8. The van der Waals surface area contributed by atoms with Gasteiger partial charge in [0.15, 0.2) is 0 Å². The number of thioether (sulfide) groups is 1. The van der Waals surface area contributed by atoms with Gasteiger partial charge in [0, 0.05) is 15.1 Å². The summed E-state index contributed by atoms with van der Waals surface area (Å²) < 4.78 is 14.5. The highest BCUT2D eigenvalue weighted by molar-refractivity contribution is 9.10. The highest BCUT2D eigenvalue weighted by Crippen LogP contribution is 2.34. The van der Waals surface area contributed by atoms with E-state index in [1.54, 1.807) is 36.4 Å². The Kier molecular flexibility index (Phi) is 5.08. The standard InChI is InChI=1S/C17H10BrClFNO2S/c18-12-3-6-14(20)11(7-12)8-15-16(22)21(17(23)24-15)9-10-1-4-13(19)5-2-10/h1-8H,9H2/b15-8-. The van der Waals surface area contributed by atoms with Crippen molar-refractivity contribution in [3.8, 4) is 0 Å². The van der Waals surface area contributed by atoms with Crippen molar-refractivity contribution in [1.29, 1.82) is 0 Å². The van der Waals surface area contributed by atoms with Crippen LogP contribution in [0.25, 0.3) is 6.08 Å². The molecule has 1 heterocycles. The summed E-state index contributed by atoms with van der Waals surface area (Å²) >= 11 is 9.89. The molecular weight excluding hydrogens is 417 g/mol. The first kappa shape index (κ1) is 17.2. The molecule has 7 heteroatoms. The smallest absolute Gasteiger partial charge is 0.268 e. The molecule has 3 rings (SSSR count). The van der Waals surface area contributed by atoms with Crippen molar-refractivity contribution in [2.75, 3.05) is 0 Å². The van der Waals surface area contributed by atoms with Crippen LogP contribution in [0.5, 0.6) is 0 Å². The Morgan fingerprint density at radius 1 is 1.17 bits per heavy atom. The van der Waals surface area contributed by atoms with Crippen LogP contribution in [0, 0.1) is 5.82 Å². The Bertz CT molecular complexity index is 854. The highest BCUT2D eigenvalue weighted by atomic mass is 79.9. The lowest BCUT2D eigenvalue weighted by Gasteiger charge is -2.12. The van der Waals surface area contributed by atoms with Crippen molar-refractivity contribution in [2.45, 2.75) is 6.54 Å². The molecule has 2 aromatic rings. The number of amides is 2. The van der Waals surface area contributed by atoms with Gasteiger partial charge in [-0.1, -0.05) is 39.7 Å². The van der Waals surface area contributed by atoms with Crippen LogP contribution in [-0.2, 0) is 11.3 Å². The zero-order valence-electron chi connectivity index (χ0n) is 12.1. The maximum Gasteiger partial charge on any atom is 0.293 e. The molecule has 2 amide bonds. The fourth-order valence-electron chi connectivity index (χ4n) is 2.18. The summed E-state index contributed by atoms with van der Waals surface area (Å²) in [7, 11) is 0. The van der Waals surface area contributed by atoms with Crippen LogP contribution in [0.2, 0.25) is 5.02 Å². The number of halogens is 3. The molecule has 0 aromatic heterocycles. The third-order valence-corrected chi connectivity index (χ3v) is 5.02. The van der Waals surface area contributed by atoms with Crippen molar-refractivity contribution in [1.82, 2.24) is 4.90 Å². The summed E-state index contributed by atoms with van der Waals surface area (Å²) in [6.07, 6.45) is 1.40. The zero-order valence-corrected chi connectivity index (χ0v) is 15.3. The minimum Gasteiger partial charge on any atom is -0.268 e. The monoisotopic (exact) mass is 425 g/mol. The minimum atomic E-state index is -0.456. The van der Waals surface area contributed by atoms with E-state index in [2.05, 4.69) is 15.9 Å². The first-order valence-electron chi connectivity index (χ1n) is 6.89. The molecule has 0 bridgehead atoms. The summed E-state index contributed by atoms with van der Waals surface area (Å²) in [6.45, 7) is 0.153. The van der Waals surface area contributed by atoms with E-state index in [0.717, 1.165) is 22.2 Å². The van der Waals surface area contributed by atoms with E-state index in [1.807, 2.05) is 0 Å². The van der Waals surface area contributed by atoms with E-state index >= 15 is 0 Å². The van der Waals surface area contributed by atoms with Gasteiger partial charge in [0.2, 0.25) is 0 Å². The van der Waals surface area contributed by atoms with Gasteiger partial charge < -0.3 is 0 Å². The fourth-order valence-corrected chi connectivity index (χ4v) is 3.51. The Morgan fingerprint density at radius 2 is 1.88 bits per heavy atom. The Morgan fingerprint density at radius 3 is 2.58 bits per heavy atom. The van der Waals surface area contributed by atoms with Crippen LogP contribution < -0.4 is 0 Å². The topological polar surface area (TPSA) is 37.4 Å². The molecule has 3 nitrogen and oxygen atoms in total. The van der Waals surface area contributed by atoms with Gasteiger partial charge in [-0.3, -0.25) is 14.5 Å². The number of carbonyl (C=O) groups excluding carboxylic acids is 2. The van der Waals surface area contributed by atoms with Gasteiger partial charge in [-0.25, -0.2) is 4.39 Å². The molecule has 1 aliphatic rings. The van der Waals surface area contributed by atoms with Crippen LogP contribution >= 0.6 is 39.3 Å². The molecule has 0 unspecified atom stereocenters. The second-order valence-corrected chi connectivity index (χ2v) is 7.41. The van der Waals surface area contributed by atoms with E-state index in [0.29, 0.717) is 9.50 Å². The molecule has 0 N–H and O–H groups in total. The van der Waals surface area contributed by atoms with Gasteiger partial charge in [0.25, 0.3) is 11.1 Å². The molecule has 0 spiro atoms. The first-order valence-corrected chi connectivity index (χ1v) is 8.87. The lowest BCUT2D eigenvalue weighted by atomic mass is 10.2. The molecule has 0 aliphatic carbocycles. The molecule has 1 saturated heterocycles. The van der Waals surface area contributed by atoms with Gasteiger partial charge in [-0.15, -0.1) is 0 Å². The van der Waals surface area contributed by atoms with Gasteiger partial charge >= 0.3 is 0 Å². The van der Waals surface area contributed by atoms with Crippen LogP contribution in [0.15, 0.2) is 51.8 Å². The molecule has 0 radical (unpaired) electrons. The Balaban J connectivity index is 1.84. The SMILES string of the molecule is O=C1S/C(=C\c2cc(Br)ccc2F)C(=O)N1Cc1ccc(Cl)cc1. The second kappa shape index (κ2) is 7.09. The Labute approximate surface area is 155 Å². The number of hydrogen-bond acceptors (Lipinski definition) is 3. The van der Waals surface area contributed by atoms with Crippen LogP contribution in [0.1, 0.15) is 11.1 Å². The highest BCUT2D eigenvalue weighted by Gasteiger charge is 2.35. The average Bonchev–Trinajstić information content (AvgIpc) is 2.80. The van der Waals surface area contributed by atoms with E-state index < -0.39 is 11.7 Å². The van der Waals surface area contributed by atoms with E-state index in [4.69, 9.17) is 11.6 Å². The summed E-state index contributed by atoms with van der Waals surface area (Å²) in [5.41, 5.74) is 1.04. The van der Waals surface area contributed by atoms with Crippen molar-refractivity contribution >= 4 is 56.5 Å². The van der Waals surface area contributed by atoms with Crippen LogP contribution in [-0.4, -0.2) is 16.0 Å². The van der Waals surface area contributed by atoms with Gasteiger partial charge in [0.05, 0.1) is 11.4 Å². The number of benzene rings is 2. The van der Waals surface area contributed by atoms with Crippen molar-refractivity contribution < 1.29 is 14.0 Å². The summed E-state index contributed by atoms with van der Waals surface area (Å²) in [4.78, 5) is 25.9. The maximum atomic E-state index is 13.8. The minimum absolute atomic E-state index is 0.153. The van der Waals surface area contributed by atoms with E-state index in [1.165, 1.54) is 12.1 Å². The van der Waals surface area contributed by atoms with Gasteiger partial charge in [-0.05, 0) is 53.7 Å². The second-order valence-electron chi connectivity index (χ2n) is 5.06. The lowest BCUT2D eigenvalue weighted by molar-refractivity contribution is -0.123. The molecular formula is C17H10BrClFNO2S. The zero-order chi connectivity index (χ0) is 17.3. The van der Waals surface area contributed by atoms with E-state index in [9.17, 15) is 14.0 Å². The number of hydrogen-bond donors (Lipinski definition) is 0. The van der Waals surface area contributed by atoms with E-state index in [-0.39, 0.29) is 22.3 Å². The molecule has 122 valence electrons. The third-order valence-electron chi connectivity index (χ3n) is 3.37. The number of carbonyl (C=O) groups is 2. The number of rotatable bonds is 3. The fraction of sp³-hybridized carbons (Fsp3) is 0.0588. The lowest BCUT2D eigenvalue weighted by Crippen LogP contribution is -2.27. The number of nitrogens with zero attached hydrogens (tertiary/aromatic N) is 1. The van der Waals surface area contributed by atoms with Gasteiger partial charge in [-0.2, -0.15) is 0 Å². The van der Waals surface area contributed by atoms with Crippen molar-refractivity contribution in [3.63, 3.8) is 0 Å². The van der Waals surface area contributed by atoms with Crippen molar-refractivity contribution in [2.24, 2.45) is 0 Å². The quantitative estimate of drug-likeness (QED) is 0.610. The average molecular weight is 427 g/mol. The van der Waals surface area contributed by atoms with Crippen LogP contribution in [0.4, 0.5) is 9.18 Å². The molecule has 0 saturated carbocycles. The van der Waals surface area contributed by atoms with Crippen molar-refractivity contribution in [3.05, 3.63) is 73.8 Å². The predicted molar refractivity (Wildman–Crippen MR) is 97.1 cm³/mol. The third kappa shape index (κ3) is 3.71. The molecule has 2 aromatic carbocycles. The first-order chi connectivity index (χ1) is 11.4. The normalized spacial score (nSPS) is 16.3. The molecule has 1 fully saturated rings. The summed E-state index contributed by atoms with van der Waals surface area (Å²) in [5.74, 6) is -0.887. The van der Waals surface area contributed by atoms with Crippen LogP contribution in [0.3, 0.4) is 0 Å². The Hall–Kier alpha value is -1.63. The molecule has 1 aliphatic heterocycles. The van der Waals surface area contributed by atoms with Gasteiger partial charge in [0.1, 0.15) is 5.82 Å². The summed E-state index contributed by atoms with van der Waals surface area (Å²) in [6, 6.07) is 11.3. The largest absolute Gasteiger partial charge is 0.293 e. The predicted octanol–water partition coefficient (Wildman–Crippen LogP) is 5.48. The molecule has 0 atom stereocenters. The number of imide groups is 1.